The number of esters is 8. The van der Waals surface area contributed by atoms with Crippen LogP contribution in [0.2, 0.25) is 0 Å². The highest BCUT2D eigenvalue weighted by Crippen LogP contribution is 2.70. The van der Waals surface area contributed by atoms with E-state index in [0.29, 0.717) is 0 Å². The maximum atomic E-state index is 14.4. The van der Waals surface area contributed by atoms with Crippen molar-refractivity contribution in [2.24, 2.45) is 17.3 Å². The number of carbonyl (C=O) groups is 8. The van der Waals surface area contributed by atoms with Crippen LogP contribution >= 0.6 is 0 Å². The van der Waals surface area contributed by atoms with Crippen LogP contribution in [0.1, 0.15) is 88.2 Å². The number of fused-ring (bicyclic) bond motifs is 5. The van der Waals surface area contributed by atoms with Gasteiger partial charge in [0, 0.05) is 40.8 Å². The van der Waals surface area contributed by atoms with Crippen molar-refractivity contribution in [1.82, 2.24) is 4.98 Å². The predicted molar refractivity (Wildman–Crippen MR) is 205 cm³/mol. The van der Waals surface area contributed by atoms with Crippen LogP contribution in [0, 0.1) is 17.3 Å². The first kappa shape index (κ1) is 45.6. The molecule has 2 aromatic rings. The van der Waals surface area contributed by atoms with E-state index in [-0.39, 0.29) is 29.7 Å². The van der Waals surface area contributed by atoms with Crippen LogP contribution < -0.4 is 0 Å². The lowest BCUT2D eigenvalue weighted by Gasteiger charge is -2.67. The summed E-state index contributed by atoms with van der Waals surface area (Å²) in [4.78, 5) is 113. The second-order valence-corrected chi connectivity index (χ2v) is 16.4. The van der Waals surface area contributed by atoms with Gasteiger partial charge < -0.3 is 47.7 Å². The second-order valence-electron chi connectivity index (χ2n) is 16.4. The summed E-state index contributed by atoms with van der Waals surface area (Å²) in [7, 11) is 0. The van der Waals surface area contributed by atoms with E-state index in [0.717, 1.165) is 41.5 Å². The van der Waals surface area contributed by atoms with E-state index in [4.69, 9.17) is 42.6 Å². The Morgan fingerprint density at radius 1 is 0.774 bits per heavy atom. The molecule has 4 aliphatic rings. The molecule has 6 rings (SSSR count). The Hall–Kier alpha value is -5.95. The number of pyridine rings is 1. The molecule has 0 radical (unpaired) electrons. The Bertz CT molecular complexity index is 2140. The fraction of sp³-hybridized carbons (Fsp3) is 0.558. The van der Waals surface area contributed by atoms with Gasteiger partial charge in [0.2, 0.25) is 0 Å². The van der Waals surface area contributed by atoms with Crippen LogP contribution in [0.5, 0.6) is 0 Å². The van der Waals surface area contributed by atoms with Crippen LogP contribution in [-0.2, 0) is 77.8 Å². The largest absolute Gasteiger partial charge is 0.465 e. The molecule has 0 amide bonds. The summed E-state index contributed by atoms with van der Waals surface area (Å²) in [5, 5.41) is 13.6. The molecule has 1 aromatic heterocycles. The molecule has 1 saturated heterocycles. The lowest BCUT2D eigenvalue weighted by atomic mass is 9.45. The normalized spacial score (nSPS) is 35.0. The van der Waals surface area contributed by atoms with Crippen molar-refractivity contribution < 1.29 is 86.1 Å². The third-order valence-corrected chi connectivity index (χ3v) is 12.1. The molecule has 2 saturated carbocycles. The summed E-state index contributed by atoms with van der Waals surface area (Å²) < 4.78 is 55.3. The lowest BCUT2D eigenvalue weighted by Crippen LogP contribution is -2.89. The number of aliphatic hydroxyl groups is 1. The summed E-state index contributed by atoms with van der Waals surface area (Å²) >= 11 is 0. The van der Waals surface area contributed by atoms with E-state index >= 15 is 0 Å². The van der Waals surface area contributed by atoms with Crippen molar-refractivity contribution in [3.8, 4) is 0 Å². The first-order chi connectivity index (χ1) is 29.1. The predicted octanol–water partition coefficient (Wildman–Crippen LogP) is 2.16. The van der Waals surface area contributed by atoms with Crippen molar-refractivity contribution in [3.63, 3.8) is 0 Å². The van der Waals surface area contributed by atoms with E-state index in [1.165, 1.54) is 44.3 Å². The maximum absolute atomic E-state index is 14.4. The van der Waals surface area contributed by atoms with Crippen LogP contribution in [0.3, 0.4) is 0 Å². The number of rotatable bonds is 8. The highest BCUT2D eigenvalue weighted by Gasteiger charge is 2.92. The number of cyclic esters (lactones) is 1. The van der Waals surface area contributed by atoms with E-state index in [1.54, 1.807) is 18.2 Å². The molecular weight excluding hydrogens is 818 g/mol. The van der Waals surface area contributed by atoms with Gasteiger partial charge in [-0.3, -0.25) is 33.8 Å². The van der Waals surface area contributed by atoms with Crippen LogP contribution in [0.15, 0.2) is 48.7 Å². The molecule has 2 aliphatic carbocycles. The summed E-state index contributed by atoms with van der Waals surface area (Å²) in [6.07, 6.45) is -10.6. The van der Waals surface area contributed by atoms with Crippen molar-refractivity contribution in [1.29, 1.82) is 0 Å². The summed E-state index contributed by atoms with van der Waals surface area (Å²) in [6, 6.07) is 10.5. The van der Waals surface area contributed by atoms with Crippen molar-refractivity contribution in [3.05, 3.63) is 65.5 Å². The quantitative estimate of drug-likeness (QED) is 0.295. The first-order valence-electron chi connectivity index (χ1n) is 19.9. The SMILES string of the molecule is CC(=O)OC[C@]12[C@H](OC(C)=O)[C@H](OC(C)=O)[C@@H]3[C@@H](OC(=O)c4ccccc4)[C@@]14O[C@@]3(C)COC(=O)c1cccnc1CCC(C)C(=O)O[C@@H]([C@H](OC(C)=O)[C@@H]2OC(C)=O)[C@]4(C)O. The topological polar surface area (TPSA) is 253 Å². The highest BCUT2D eigenvalue weighted by molar-refractivity contribution is 5.91. The molecule has 1 unspecified atom stereocenters. The Morgan fingerprint density at radius 2 is 1.37 bits per heavy atom. The smallest absolute Gasteiger partial charge is 0.340 e. The van der Waals surface area contributed by atoms with Crippen LogP contribution in [0.4, 0.5) is 0 Å². The first-order valence-corrected chi connectivity index (χ1v) is 19.9. The maximum Gasteiger partial charge on any atom is 0.340 e. The summed E-state index contributed by atoms with van der Waals surface area (Å²) in [5.41, 5.74) is -10.1. The number of nitrogens with zero attached hydrogens (tertiary/aromatic N) is 1. The molecule has 12 atom stereocenters. The molecule has 1 aromatic carbocycles. The minimum Gasteiger partial charge on any atom is -0.465 e. The molecule has 1 spiro atoms. The van der Waals surface area contributed by atoms with E-state index < -0.39 is 132 Å². The van der Waals surface area contributed by atoms with Gasteiger partial charge >= 0.3 is 47.8 Å². The van der Waals surface area contributed by atoms with Gasteiger partial charge in [-0.05, 0) is 51.0 Å². The molecule has 3 fully saturated rings. The second kappa shape index (κ2) is 17.1. The van der Waals surface area contributed by atoms with Crippen LogP contribution in [0.25, 0.3) is 0 Å². The number of ether oxygens (including phenoxy) is 9. The van der Waals surface area contributed by atoms with Gasteiger partial charge in [-0.2, -0.15) is 0 Å². The Labute approximate surface area is 355 Å². The zero-order valence-electron chi connectivity index (χ0n) is 35.4. The minimum absolute atomic E-state index is 0.0202. The van der Waals surface area contributed by atoms with Gasteiger partial charge in [0.25, 0.3) is 0 Å². The van der Waals surface area contributed by atoms with Gasteiger partial charge in [-0.25, -0.2) is 9.59 Å². The van der Waals surface area contributed by atoms with Gasteiger partial charge in [0.15, 0.2) is 30.0 Å². The molecule has 334 valence electrons. The fourth-order valence-corrected chi connectivity index (χ4v) is 9.74. The summed E-state index contributed by atoms with van der Waals surface area (Å²) in [6.45, 7) is 7.12. The minimum atomic E-state index is -2.86. The molecule has 62 heavy (non-hydrogen) atoms. The van der Waals surface area contributed by atoms with Gasteiger partial charge in [-0.1, -0.05) is 25.1 Å². The third-order valence-electron chi connectivity index (χ3n) is 12.1. The van der Waals surface area contributed by atoms with Gasteiger partial charge in [0.1, 0.15) is 42.0 Å². The van der Waals surface area contributed by atoms with Crippen molar-refractivity contribution >= 4 is 47.8 Å². The standard InChI is InChI=1S/C43H49NO18/c1-21-16-17-29-28(15-12-18-44-29)39(52)55-19-40(7)30-31(56-23(3)46)35(58-25(5)48)42(20-54-22(2)45)36(59-26(6)49)32(57-24(4)47)34(61-37(21)50)41(8,53)43(42,62-40)33(30)60-38(51)27-13-10-9-11-14-27/h9-15,18,21,30-36,53H,16-17,19-20H2,1-8H3/t21?,30-,31-,32+,33-,34+,35-,36+,40+,41+,42-,43+/m1/s1. The fourth-order valence-electron chi connectivity index (χ4n) is 9.74. The lowest BCUT2D eigenvalue weighted by molar-refractivity contribution is -0.386. The number of aromatic nitrogens is 1. The van der Waals surface area contributed by atoms with Crippen molar-refractivity contribution in [2.45, 2.75) is 122 Å². The number of hydrogen-bond donors (Lipinski definition) is 1. The average molecular weight is 868 g/mol. The molecular formula is C43H49NO18. The van der Waals surface area contributed by atoms with Crippen LogP contribution in [-0.4, -0.2) is 124 Å². The molecule has 3 heterocycles. The van der Waals surface area contributed by atoms with Gasteiger partial charge in [-0.15, -0.1) is 0 Å². The number of hydrogen-bond acceptors (Lipinski definition) is 19. The Morgan fingerprint density at radius 3 is 1.97 bits per heavy atom. The molecule has 4 bridgehead atoms. The highest BCUT2D eigenvalue weighted by atomic mass is 16.7. The number of benzene rings is 1. The number of aryl methyl sites for hydroxylation is 1. The molecule has 2 aliphatic heterocycles. The zero-order chi connectivity index (χ0) is 45.5. The molecule has 19 heteroatoms. The summed E-state index contributed by atoms with van der Waals surface area (Å²) in [5.74, 6) is -10.7. The monoisotopic (exact) mass is 867 g/mol. The molecule has 1 N–H and O–H groups in total. The molecule has 19 nitrogen and oxygen atoms in total. The zero-order valence-corrected chi connectivity index (χ0v) is 35.4. The third kappa shape index (κ3) is 7.76. The number of carbonyl (C=O) groups excluding carboxylic acids is 8. The Balaban J connectivity index is 1.79. The Kier molecular flexibility index (Phi) is 12.6. The van der Waals surface area contributed by atoms with Crippen molar-refractivity contribution in [2.75, 3.05) is 13.2 Å². The van der Waals surface area contributed by atoms with E-state index in [2.05, 4.69) is 4.98 Å². The van der Waals surface area contributed by atoms with E-state index in [1.807, 2.05) is 0 Å². The van der Waals surface area contributed by atoms with Gasteiger partial charge in [0.05, 0.1) is 28.7 Å². The van der Waals surface area contributed by atoms with E-state index in [9.17, 15) is 43.5 Å². The average Bonchev–Trinajstić information content (AvgIpc) is 3.42.